The molecule has 1 saturated heterocycles. The maximum atomic E-state index is 12.5. The van der Waals surface area contributed by atoms with Crippen LogP contribution >= 0.6 is 24.0 Å². The molecule has 0 bridgehead atoms. The zero-order valence-corrected chi connectivity index (χ0v) is 19.6. The third-order valence-electron chi connectivity index (χ3n) is 4.15. The highest BCUT2D eigenvalue weighted by Gasteiger charge is 2.29. The van der Waals surface area contributed by atoms with Crippen LogP contribution in [0.15, 0.2) is 21.8 Å². The molecule has 0 spiro atoms. The van der Waals surface area contributed by atoms with E-state index in [4.69, 9.17) is 4.52 Å². The molecule has 2 rings (SSSR count). The van der Waals surface area contributed by atoms with Crippen LogP contribution in [0.5, 0.6) is 0 Å². The van der Waals surface area contributed by atoms with E-state index >= 15 is 0 Å². The quantitative estimate of drug-likeness (QED) is 0.306. The van der Waals surface area contributed by atoms with Crippen molar-refractivity contribution in [2.45, 2.75) is 19.1 Å². The van der Waals surface area contributed by atoms with Gasteiger partial charge in [0, 0.05) is 52.9 Å². The van der Waals surface area contributed by atoms with Crippen LogP contribution in [0.4, 0.5) is 0 Å². The van der Waals surface area contributed by atoms with E-state index in [1.54, 1.807) is 20.2 Å². The Hall–Kier alpha value is -1.41. The van der Waals surface area contributed by atoms with Crippen LogP contribution in [-0.2, 0) is 20.6 Å². The van der Waals surface area contributed by atoms with Crippen LogP contribution in [0.3, 0.4) is 0 Å². The number of rotatable bonds is 7. The minimum Gasteiger partial charge on any atom is -0.364 e. The number of guanidine groups is 1. The largest absolute Gasteiger partial charge is 0.364 e. The van der Waals surface area contributed by atoms with E-state index in [2.05, 4.69) is 15.5 Å². The standard InChI is InChI=1S/C16H28N6O4S.HI/c1-4-6-17-16(18-12-15(23)20(2)3)21-7-9-22(10-8-21)27(24,25)13-14-5-11-26-19-14;/h5,11H,4,6-10,12-13H2,1-3H3,(H,17,18);1H. The summed E-state index contributed by atoms with van der Waals surface area (Å²) >= 11 is 0. The fraction of sp³-hybridized carbons (Fsp3) is 0.688. The molecule has 1 N–H and O–H groups in total. The topological polar surface area (TPSA) is 111 Å². The van der Waals surface area contributed by atoms with E-state index in [0.29, 0.717) is 37.8 Å². The van der Waals surface area contributed by atoms with Crippen LogP contribution in [0.1, 0.15) is 19.0 Å². The van der Waals surface area contributed by atoms with Crippen molar-refractivity contribution >= 4 is 45.9 Å². The molecule has 2 heterocycles. The molecule has 1 amide bonds. The Morgan fingerprint density at radius 2 is 2.00 bits per heavy atom. The molecule has 1 fully saturated rings. The average molecular weight is 528 g/mol. The number of aromatic nitrogens is 1. The van der Waals surface area contributed by atoms with E-state index in [0.717, 1.165) is 13.0 Å². The van der Waals surface area contributed by atoms with Gasteiger partial charge in [0.2, 0.25) is 15.9 Å². The highest BCUT2D eigenvalue weighted by atomic mass is 127. The van der Waals surface area contributed by atoms with E-state index < -0.39 is 10.0 Å². The average Bonchev–Trinajstić information content (AvgIpc) is 3.14. The summed E-state index contributed by atoms with van der Waals surface area (Å²) < 4.78 is 31.2. The number of piperazine rings is 1. The fourth-order valence-electron chi connectivity index (χ4n) is 2.56. The van der Waals surface area contributed by atoms with Gasteiger partial charge in [0.05, 0.1) is 5.69 Å². The number of nitrogens with zero attached hydrogens (tertiary/aromatic N) is 5. The van der Waals surface area contributed by atoms with Gasteiger partial charge in [-0.2, -0.15) is 4.31 Å². The molecule has 28 heavy (non-hydrogen) atoms. The first-order valence-corrected chi connectivity index (χ1v) is 10.5. The highest BCUT2D eigenvalue weighted by molar-refractivity contribution is 14.0. The number of carbonyl (C=O) groups is 1. The smallest absolute Gasteiger partial charge is 0.243 e. The maximum Gasteiger partial charge on any atom is 0.243 e. The lowest BCUT2D eigenvalue weighted by molar-refractivity contribution is -0.127. The second-order valence-electron chi connectivity index (χ2n) is 6.49. The molecule has 0 unspecified atom stereocenters. The number of hydrogen-bond donors (Lipinski definition) is 1. The number of sulfonamides is 1. The zero-order chi connectivity index (χ0) is 19.9. The van der Waals surface area contributed by atoms with Crippen molar-refractivity contribution in [1.82, 2.24) is 24.6 Å². The molecule has 1 aromatic rings. The molecule has 10 nitrogen and oxygen atoms in total. The van der Waals surface area contributed by atoms with Gasteiger partial charge in [-0.3, -0.25) is 4.79 Å². The van der Waals surface area contributed by atoms with Gasteiger partial charge in [-0.1, -0.05) is 12.1 Å². The lowest BCUT2D eigenvalue weighted by atomic mass is 10.4. The minimum absolute atomic E-state index is 0. The first kappa shape index (κ1) is 24.6. The Morgan fingerprint density at radius 1 is 1.32 bits per heavy atom. The first-order valence-electron chi connectivity index (χ1n) is 8.94. The molecule has 1 aromatic heterocycles. The summed E-state index contributed by atoms with van der Waals surface area (Å²) in [5.41, 5.74) is 0.395. The van der Waals surface area contributed by atoms with Gasteiger partial charge in [-0.15, -0.1) is 24.0 Å². The van der Waals surface area contributed by atoms with Gasteiger partial charge in [0.15, 0.2) is 5.96 Å². The van der Waals surface area contributed by atoms with Gasteiger partial charge in [-0.25, -0.2) is 13.4 Å². The number of amides is 1. The van der Waals surface area contributed by atoms with Crippen LogP contribution in [0.25, 0.3) is 0 Å². The zero-order valence-electron chi connectivity index (χ0n) is 16.5. The van der Waals surface area contributed by atoms with Crippen molar-refractivity contribution in [3.05, 3.63) is 18.0 Å². The Labute approximate surface area is 183 Å². The molecule has 0 aliphatic carbocycles. The number of aliphatic imine (C=N–C) groups is 1. The molecule has 0 aromatic carbocycles. The van der Waals surface area contributed by atoms with Crippen LogP contribution < -0.4 is 5.32 Å². The second kappa shape index (κ2) is 11.6. The number of carbonyl (C=O) groups excluding carboxylic acids is 1. The Kier molecular flexibility index (Phi) is 10.2. The summed E-state index contributed by atoms with van der Waals surface area (Å²) in [6.07, 6.45) is 2.28. The molecule has 160 valence electrons. The second-order valence-corrected chi connectivity index (χ2v) is 8.46. The minimum atomic E-state index is -3.45. The van der Waals surface area contributed by atoms with Crippen molar-refractivity contribution in [3.8, 4) is 0 Å². The summed E-state index contributed by atoms with van der Waals surface area (Å²) in [6, 6.07) is 1.55. The normalized spacial score (nSPS) is 15.8. The van der Waals surface area contributed by atoms with Crippen molar-refractivity contribution < 1.29 is 17.7 Å². The number of likely N-dealkylation sites (N-methyl/N-ethyl adjacent to an activating group) is 1. The van der Waals surface area contributed by atoms with Crippen molar-refractivity contribution in [2.24, 2.45) is 4.99 Å². The van der Waals surface area contributed by atoms with E-state index in [9.17, 15) is 13.2 Å². The summed E-state index contributed by atoms with van der Waals surface area (Å²) in [5, 5.41) is 6.91. The number of nitrogens with one attached hydrogen (secondary N) is 1. The number of halogens is 1. The fourth-order valence-corrected chi connectivity index (χ4v) is 3.98. The summed E-state index contributed by atoms with van der Waals surface area (Å²) in [4.78, 5) is 19.7. The summed E-state index contributed by atoms with van der Waals surface area (Å²) in [6.45, 7) is 4.56. The predicted octanol–water partition coefficient (Wildman–Crippen LogP) is 0.184. The van der Waals surface area contributed by atoms with Gasteiger partial charge in [0.1, 0.15) is 18.6 Å². The maximum absolute atomic E-state index is 12.5. The molecule has 1 aliphatic heterocycles. The first-order chi connectivity index (χ1) is 12.8. The van der Waals surface area contributed by atoms with Gasteiger partial charge in [0.25, 0.3) is 0 Å². The molecule has 12 heteroatoms. The SMILES string of the molecule is CCCNC(=NCC(=O)N(C)C)N1CCN(S(=O)(=O)Cc2ccon2)CC1.I. The van der Waals surface area contributed by atoms with Gasteiger partial charge >= 0.3 is 0 Å². The lowest BCUT2D eigenvalue weighted by Gasteiger charge is -2.35. The molecular formula is C16H29IN6O4S. The van der Waals surface area contributed by atoms with Crippen LogP contribution in [0.2, 0.25) is 0 Å². The van der Waals surface area contributed by atoms with Crippen molar-refractivity contribution in [2.75, 3.05) is 53.4 Å². The summed E-state index contributed by atoms with van der Waals surface area (Å²) in [7, 11) is -0.0663. The van der Waals surface area contributed by atoms with Gasteiger partial charge < -0.3 is 19.6 Å². The van der Waals surface area contributed by atoms with Crippen molar-refractivity contribution in [3.63, 3.8) is 0 Å². The van der Waals surface area contributed by atoms with Crippen LogP contribution in [0, 0.1) is 0 Å². The molecular weight excluding hydrogens is 499 g/mol. The Balaban J connectivity index is 0.00000392. The monoisotopic (exact) mass is 528 g/mol. The molecule has 0 atom stereocenters. The third-order valence-corrected chi connectivity index (χ3v) is 5.96. The molecule has 0 saturated carbocycles. The van der Waals surface area contributed by atoms with E-state index in [-0.39, 0.29) is 42.2 Å². The predicted molar refractivity (Wildman–Crippen MR) is 117 cm³/mol. The van der Waals surface area contributed by atoms with Crippen LogP contribution in [-0.4, -0.2) is 92.9 Å². The lowest BCUT2D eigenvalue weighted by Crippen LogP contribution is -2.54. The van der Waals surface area contributed by atoms with E-state index in [1.807, 2.05) is 11.8 Å². The number of hydrogen-bond acceptors (Lipinski definition) is 6. The Bertz CT molecular complexity index is 730. The van der Waals surface area contributed by atoms with E-state index in [1.165, 1.54) is 15.5 Å². The highest BCUT2D eigenvalue weighted by Crippen LogP contribution is 2.13. The van der Waals surface area contributed by atoms with Crippen molar-refractivity contribution in [1.29, 1.82) is 0 Å². The molecule has 0 radical (unpaired) electrons. The molecule has 1 aliphatic rings. The van der Waals surface area contributed by atoms with Gasteiger partial charge in [-0.05, 0) is 6.42 Å². The Morgan fingerprint density at radius 3 is 2.54 bits per heavy atom. The third kappa shape index (κ3) is 7.20. The summed E-state index contributed by atoms with van der Waals surface area (Å²) in [5.74, 6) is 0.385.